The Labute approximate surface area is 230 Å². The van der Waals surface area contributed by atoms with Crippen LogP contribution in [0.15, 0.2) is 60.8 Å². The Kier molecular flexibility index (Phi) is 15.1. The molecule has 0 radical (unpaired) electrons. The number of carboxylic acid groups (broad SMARTS) is 1. The van der Waals surface area contributed by atoms with Crippen molar-refractivity contribution >= 4 is 49.0 Å². The van der Waals surface area contributed by atoms with Crippen LogP contribution in [-0.2, 0) is 6.42 Å². The number of aromatic nitrogens is 1. The van der Waals surface area contributed by atoms with E-state index in [0.29, 0.717) is 49.0 Å². The Morgan fingerprint density at radius 1 is 1.03 bits per heavy atom. The minimum atomic E-state index is -0.896. The molecule has 0 amide bonds. The number of hydrogen-bond acceptors (Lipinski definition) is 6. The lowest BCUT2D eigenvalue weighted by Crippen LogP contribution is -2.26. The van der Waals surface area contributed by atoms with Crippen LogP contribution in [-0.4, -0.2) is 40.9 Å². The summed E-state index contributed by atoms with van der Waals surface area (Å²) in [5.74, 6) is 0.638. The zero-order valence-corrected chi connectivity index (χ0v) is 22.7. The Morgan fingerprint density at radius 3 is 2.28 bits per heavy atom. The molecular weight excluding hydrogens is 525 g/mol. The third kappa shape index (κ3) is 9.84. The van der Waals surface area contributed by atoms with Crippen LogP contribution in [0.2, 0.25) is 0 Å². The first kappa shape index (κ1) is 33.4. The van der Waals surface area contributed by atoms with Gasteiger partial charge in [0, 0.05) is 24.8 Å². The SMILES string of the molecule is CC(C)Cc1cc(-c2ccc(OCCNC[C@H](O)c3ccc(N)nc3)cc2)ccc1C(=O)O.Cl.Cl.Cl. The maximum atomic E-state index is 11.5. The second-order valence-electron chi connectivity index (χ2n) is 8.38. The van der Waals surface area contributed by atoms with Crippen LogP contribution in [0.5, 0.6) is 5.75 Å². The number of aliphatic hydroxyl groups is 1. The fraction of sp³-hybridized carbons (Fsp3) is 0.308. The zero-order valence-electron chi connectivity index (χ0n) is 20.2. The largest absolute Gasteiger partial charge is 0.492 e. The van der Waals surface area contributed by atoms with E-state index in [0.717, 1.165) is 22.4 Å². The lowest BCUT2D eigenvalue weighted by atomic mass is 9.93. The summed E-state index contributed by atoms with van der Waals surface area (Å²) in [6.45, 7) is 5.58. The van der Waals surface area contributed by atoms with E-state index in [9.17, 15) is 15.0 Å². The van der Waals surface area contributed by atoms with Crippen molar-refractivity contribution in [2.45, 2.75) is 26.4 Å². The van der Waals surface area contributed by atoms with Gasteiger partial charge in [-0.3, -0.25) is 0 Å². The summed E-state index contributed by atoms with van der Waals surface area (Å²) in [6.07, 6.45) is 1.62. The van der Waals surface area contributed by atoms with Gasteiger partial charge < -0.3 is 26.0 Å². The quantitative estimate of drug-likeness (QED) is 0.239. The van der Waals surface area contributed by atoms with Crippen LogP contribution in [0.3, 0.4) is 0 Å². The summed E-state index contributed by atoms with van der Waals surface area (Å²) in [7, 11) is 0. The van der Waals surface area contributed by atoms with Gasteiger partial charge in [-0.25, -0.2) is 9.78 Å². The fourth-order valence-electron chi connectivity index (χ4n) is 3.55. The maximum Gasteiger partial charge on any atom is 0.335 e. The monoisotopic (exact) mass is 557 g/mol. The molecule has 198 valence electrons. The van der Waals surface area contributed by atoms with Gasteiger partial charge in [0.15, 0.2) is 0 Å². The van der Waals surface area contributed by atoms with Crippen molar-refractivity contribution < 1.29 is 19.7 Å². The van der Waals surface area contributed by atoms with Gasteiger partial charge in [0.2, 0.25) is 0 Å². The van der Waals surface area contributed by atoms with E-state index in [4.69, 9.17) is 10.5 Å². The average Bonchev–Trinajstić information content (AvgIpc) is 2.79. The lowest BCUT2D eigenvalue weighted by molar-refractivity contribution is 0.0695. The second kappa shape index (κ2) is 16.2. The Balaban J connectivity index is 0.00000408. The molecule has 1 aromatic heterocycles. The molecular formula is C26H34Cl3N3O4. The Bertz CT molecular complexity index is 1070. The molecule has 0 aliphatic heterocycles. The predicted octanol–water partition coefficient (Wildman–Crippen LogP) is 5.19. The molecule has 7 nitrogen and oxygen atoms in total. The number of halogens is 3. The van der Waals surface area contributed by atoms with Gasteiger partial charge in [-0.1, -0.05) is 44.2 Å². The van der Waals surface area contributed by atoms with E-state index in [2.05, 4.69) is 24.1 Å². The number of carbonyl (C=O) groups is 1. The number of aromatic carboxylic acids is 1. The minimum Gasteiger partial charge on any atom is -0.492 e. The van der Waals surface area contributed by atoms with E-state index in [1.54, 1.807) is 24.4 Å². The molecule has 3 rings (SSSR count). The molecule has 0 saturated carbocycles. The van der Waals surface area contributed by atoms with Gasteiger partial charge in [-0.15, -0.1) is 37.2 Å². The first-order valence-corrected chi connectivity index (χ1v) is 11.0. The van der Waals surface area contributed by atoms with Crippen molar-refractivity contribution in [2.24, 2.45) is 5.92 Å². The number of nitrogen functional groups attached to an aromatic ring is 1. The number of carboxylic acids is 1. The molecule has 0 bridgehead atoms. The molecule has 1 atom stereocenters. The van der Waals surface area contributed by atoms with E-state index in [-0.39, 0.29) is 37.2 Å². The molecule has 3 aromatic rings. The number of rotatable bonds is 11. The zero-order chi connectivity index (χ0) is 23.8. The van der Waals surface area contributed by atoms with E-state index >= 15 is 0 Å². The summed E-state index contributed by atoms with van der Waals surface area (Å²) in [4.78, 5) is 15.5. The number of ether oxygens (including phenoxy) is 1. The number of hydrogen-bond donors (Lipinski definition) is 4. The smallest absolute Gasteiger partial charge is 0.335 e. The molecule has 10 heteroatoms. The molecule has 1 heterocycles. The highest BCUT2D eigenvalue weighted by Gasteiger charge is 2.13. The van der Waals surface area contributed by atoms with Crippen LogP contribution in [0.25, 0.3) is 11.1 Å². The summed E-state index contributed by atoms with van der Waals surface area (Å²) in [5.41, 5.74) is 9.46. The molecule has 0 spiro atoms. The predicted molar refractivity (Wildman–Crippen MR) is 151 cm³/mol. The number of nitrogens with one attached hydrogen (secondary N) is 1. The molecule has 0 unspecified atom stereocenters. The minimum absolute atomic E-state index is 0. The third-order valence-electron chi connectivity index (χ3n) is 5.23. The highest BCUT2D eigenvalue weighted by molar-refractivity contribution is 5.90. The van der Waals surface area contributed by atoms with Crippen LogP contribution in [0, 0.1) is 5.92 Å². The second-order valence-corrected chi connectivity index (χ2v) is 8.38. The van der Waals surface area contributed by atoms with Crippen LogP contribution < -0.4 is 15.8 Å². The van der Waals surface area contributed by atoms with Crippen molar-refractivity contribution in [3.63, 3.8) is 0 Å². The number of nitrogens with zero attached hydrogens (tertiary/aromatic N) is 1. The topological polar surface area (TPSA) is 118 Å². The molecule has 0 aliphatic carbocycles. The first-order valence-electron chi connectivity index (χ1n) is 11.0. The molecule has 0 aliphatic rings. The van der Waals surface area contributed by atoms with Crippen LogP contribution in [0.1, 0.15) is 41.4 Å². The third-order valence-corrected chi connectivity index (χ3v) is 5.23. The lowest BCUT2D eigenvalue weighted by Gasteiger charge is -2.13. The van der Waals surface area contributed by atoms with Gasteiger partial charge in [0.1, 0.15) is 18.2 Å². The van der Waals surface area contributed by atoms with Gasteiger partial charge in [-0.05, 0) is 53.3 Å². The standard InChI is InChI=1S/C26H31N3O4.3ClH/c1-17(2)13-21-14-19(5-9-23(21)26(31)32)18-3-7-22(8-4-18)33-12-11-28-16-24(30)20-6-10-25(27)29-15-20;;;/h3-10,14-15,17,24,28,30H,11-13,16H2,1-2H3,(H2,27,29)(H,31,32);3*1H/t24-;;;/m0.../s1. The van der Waals surface area contributed by atoms with Crippen molar-refractivity contribution in [3.8, 4) is 16.9 Å². The van der Waals surface area contributed by atoms with E-state index < -0.39 is 12.1 Å². The average molecular weight is 559 g/mol. The molecule has 0 fully saturated rings. The molecule has 36 heavy (non-hydrogen) atoms. The fourth-order valence-corrected chi connectivity index (χ4v) is 3.55. The number of anilines is 1. The van der Waals surface area contributed by atoms with Gasteiger partial charge in [-0.2, -0.15) is 0 Å². The Hall–Kier alpha value is -2.55. The number of nitrogens with two attached hydrogens (primary N) is 1. The summed E-state index contributed by atoms with van der Waals surface area (Å²) in [5, 5.41) is 22.8. The van der Waals surface area contributed by atoms with Crippen molar-refractivity contribution in [1.82, 2.24) is 10.3 Å². The first-order chi connectivity index (χ1) is 15.8. The highest BCUT2D eigenvalue weighted by Crippen LogP contribution is 2.26. The maximum absolute atomic E-state index is 11.5. The van der Waals surface area contributed by atoms with Crippen molar-refractivity contribution in [1.29, 1.82) is 0 Å². The highest BCUT2D eigenvalue weighted by atomic mass is 35.5. The summed E-state index contributed by atoms with van der Waals surface area (Å²) in [6, 6.07) is 16.6. The molecule has 0 saturated heterocycles. The van der Waals surface area contributed by atoms with E-state index in [1.165, 1.54) is 0 Å². The molecule has 5 N–H and O–H groups in total. The van der Waals surface area contributed by atoms with E-state index in [1.807, 2.05) is 36.4 Å². The number of aliphatic hydroxyl groups excluding tert-OH is 1. The van der Waals surface area contributed by atoms with Crippen LogP contribution in [0.4, 0.5) is 5.82 Å². The van der Waals surface area contributed by atoms with Gasteiger partial charge in [0.05, 0.1) is 11.7 Å². The van der Waals surface area contributed by atoms with Gasteiger partial charge in [0.25, 0.3) is 0 Å². The van der Waals surface area contributed by atoms with Crippen LogP contribution >= 0.6 is 37.2 Å². The number of pyridine rings is 1. The Morgan fingerprint density at radius 2 is 1.69 bits per heavy atom. The summed E-state index contributed by atoms with van der Waals surface area (Å²) < 4.78 is 5.78. The van der Waals surface area contributed by atoms with Crippen molar-refractivity contribution in [3.05, 3.63) is 77.5 Å². The summed E-state index contributed by atoms with van der Waals surface area (Å²) >= 11 is 0. The number of benzene rings is 2. The van der Waals surface area contributed by atoms with Gasteiger partial charge >= 0.3 is 5.97 Å². The molecule has 2 aromatic carbocycles. The van der Waals surface area contributed by atoms with Crippen molar-refractivity contribution in [2.75, 3.05) is 25.4 Å². The normalized spacial score (nSPS) is 11.0.